The maximum atomic E-state index is 11.4. The maximum absolute atomic E-state index is 11.4. The number of hydrogen-bond donors (Lipinski definition) is 0. The molecule has 0 spiro atoms. The van der Waals surface area contributed by atoms with Crippen LogP contribution in [-0.4, -0.2) is 9.94 Å². The number of phosphoric ester groups is 1. The van der Waals surface area contributed by atoms with Crippen molar-refractivity contribution in [1.29, 1.82) is 0 Å². The van der Waals surface area contributed by atoms with E-state index in [2.05, 4.69) is 21.0 Å². The number of rotatable bonds is 0. The molecule has 6 nitrogen and oxygen atoms in total. The quantitative estimate of drug-likeness (QED) is 0.648. The third-order valence-electron chi connectivity index (χ3n) is 1.56. The molecule has 0 N–H and O–H groups in total. The van der Waals surface area contributed by atoms with E-state index in [1.165, 1.54) is 0 Å². The molecule has 1 aromatic heterocycles. The van der Waals surface area contributed by atoms with Crippen molar-refractivity contribution in [3.8, 4) is 5.88 Å². The zero-order valence-corrected chi connectivity index (χ0v) is 8.04. The molecular weight excluding hydrogens is 251 g/mol. The van der Waals surface area contributed by atoms with E-state index in [1.54, 1.807) is 0 Å². The molecule has 4 rings (SSSR count). The van der Waals surface area contributed by atoms with Gasteiger partial charge >= 0.3 is 7.82 Å². The van der Waals surface area contributed by atoms with Crippen molar-refractivity contribution in [2.45, 2.75) is 6.61 Å². The normalized spacial score (nSPS) is 29.8. The lowest BCUT2D eigenvalue weighted by molar-refractivity contribution is 0.186. The van der Waals surface area contributed by atoms with Crippen LogP contribution in [0.3, 0.4) is 0 Å². The molecule has 64 valence electrons. The van der Waals surface area contributed by atoms with E-state index >= 15 is 0 Å². The molecule has 1 unspecified atom stereocenters. The van der Waals surface area contributed by atoms with E-state index in [9.17, 15) is 4.57 Å². The molecule has 1 atom stereocenters. The molecule has 0 saturated carbocycles. The predicted octanol–water partition coefficient (Wildman–Crippen LogP) is 1.10. The van der Waals surface area contributed by atoms with Gasteiger partial charge in [0.15, 0.2) is 0 Å². The second-order valence-corrected chi connectivity index (χ2v) is 4.62. The monoisotopic (exact) mass is 252 g/mol. The zero-order chi connectivity index (χ0) is 8.34. The van der Waals surface area contributed by atoms with Crippen LogP contribution in [0.2, 0.25) is 0 Å². The Morgan fingerprint density at radius 1 is 1.67 bits per heavy atom. The Morgan fingerprint density at radius 2 is 2.50 bits per heavy atom. The lowest BCUT2D eigenvalue weighted by Crippen LogP contribution is -2.01. The summed E-state index contributed by atoms with van der Waals surface area (Å²) >= 11 is 3.22. The van der Waals surface area contributed by atoms with Gasteiger partial charge in [-0.3, -0.25) is 9.15 Å². The molecule has 0 saturated heterocycles. The lowest BCUT2D eigenvalue weighted by atomic mass is 10.5. The van der Waals surface area contributed by atoms with Crippen molar-refractivity contribution < 1.29 is 18.2 Å². The van der Waals surface area contributed by atoms with Crippen LogP contribution in [0, 0.1) is 0 Å². The van der Waals surface area contributed by atoms with Gasteiger partial charge < -0.3 is 4.52 Å². The highest BCUT2D eigenvalue weighted by Gasteiger charge is 2.46. The van der Waals surface area contributed by atoms with Gasteiger partial charge in [-0.15, -0.1) is 5.10 Å². The highest BCUT2D eigenvalue weighted by atomic mass is 79.9. The number of fused-ring (bicyclic) bond motifs is 1. The van der Waals surface area contributed by atoms with Crippen molar-refractivity contribution >= 4 is 23.8 Å². The van der Waals surface area contributed by atoms with E-state index in [0.717, 1.165) is 4.85 Å². The minimum atomic E-state index is -3.39. The summed E-state index contributed by atoms with van der Waals surface area (Å²) in [7, 11) is -3.39. The van der Waals surface area contributed by atoms with Gasteiger partial charge in [-0.05, 0) is 20.8 Å². The van der Waals surface area contributed by atoms with E-state index in [-0.39, 0.29) is 6.61 Å². The summed E-state index contributed by atoms with van der Waals surface area (Å²) < 4.78 is 26.7. The van der Waals surface area contributed by atoms with Gasteiger partial charge in [0, 0.05) is 0 Å². The molecule has 4 bridgehead atoms. The first-order chi connectivity index (χ1) is 5.68. The fourth-order valence-electron chi connectivity index (χ4n) is 1.04. The Kier molecular flexibility index (Phi) is 1.08. The fraction of sp³-hybridized carbons (Fsp3) is 0.250. The van der Waals surface area contributed by atoms with Gasteiger partial charge in [-0.25, -0.2) is 4.57 Å². The van der Waals surface area contributed by atoms with Crippen LogP contribution in [0.1, 0.15) is 5.69 Å². The van der Waals surface area contributed by atoms with Gasteiger partial charge in [0.05, 0.1) is 0 Å². The summed E-state index contributed by atoms with van der Waals surface area (Å²) in [6.07, 6.45) is 0. The van der Waals surface area contributed by atoms with E-state index in [1.807, 2.05) is 0 Å². The largest absolute Gasteiger partial charge is 0.610 e. The summed E-state index contributed by atoms with van der Waals surface area (Å²) in [5.41, 5.74) is 0.625. The van der Waals surface area contributed by atoms with Gasteiger partial charge in [0.25, 0.3) is 5.88 Å². The molecule has 3 aliphatic rings. The highest BCUT2D eigenvalue weighted by Crippen LogP contribution is 2.57. The first-order valence-corrected chi connectivity index (χ1v) is 5.35. The molecule has 8 heteroatoms. The molecule has 0 amide bonds. The second-order valence-electron chi connectivity index (χ2n) is 2.33. The average Bonchev–Trinajstić information content (AvgIpc) is 2.32. The van der Waals surface area contributed by atoms with Crippen molar-refractivity contribution in [2.24, 2.45) is 0 Å². The van der Waals surface area contributed by atoms with Gasteiger partial charge in [-0.1, -0.05) is 0 Å². The van der Waals surface area contributed by atoms with Crippen molar-refractivity contribution in [3.05, 3.63) is 10.2 Å². The Labute approximate surface area is 75.1 Å². The van der Waals surface area contributed by atoms with Gasteiger partial charge in [-0.2, -0.15) is 0 Å². The molecule has 0 aromatic carbocycles. The van der Waals surface area contributed by atoms with Crippen LogP contribution < -0.4 is 9.15 Å². The van der Waals surface area contributed by atoms with Crippen LogP contribution in [0.15, 0.2) is 4.47 Å². The molecule has 0 radical (unpaired) electrons. The Balaban J connectivity index is 2.34. The average molecular weight is 253 g/mol. The van der Waals surface area contributed by atoms with Gasteiger partial charge in [0.2, 0.25) is 0 Å². The summed E-state index contributed by atoms with van der Waals surface area (Å²) in [6, 6.07) is 0. The Hall–Kier alpha value is -0.520. The van der Waals surface area contributed by atoms with Crippen molar-refractivity contribution in [1.82, 2.24) is 9.94 Å². The zero-order valence-electron chi connectivity index (χ0n) is 5.56. The molecule has 3 aliphatic heterocycles. The highest BCUT2D eigenvalue weighted by molar-refractivity contribution is 9.10. The van der Waals surface area contributed by atoms with Crippen LogP contribution in [0.25, 0.3) is 0 Å². The van der Waals surface area contributed by atoms with Crippen LogP contribution in [0.4, 0.5) is 0 Å². The Morgan fingerprint density at radius 3 is 3.25 bits per heavy atom. The van der Waals surface area contributed by atoms with E-state index in [4.69, 9.17) is 13.7 Å². The summed E-state index contributed by atoms with van der Waals surface area (Å²) in [4.78, 5) is 1.08. The lowest BCUT2D eigenvalue weighted by Gasteiger charge is -2.02. The molecule has 4 heterocycles. The molecule has 1 aromatic rings. The predicted molar refractivity (Wildman–Crippen MR) is 39.5 cm³/mol. The van der Waals surface area contributed by atoms with Gasteiger partial charge in [0.1, 0.15) is 16.8 Å². The smallest absolute Gasteiger partial charge is 0.371 e. The van der Waals surface area contributed by atoms with Crippen molar-refractivity contribution in [3.63, 3.8) is 0 Å². The SMILES string of the molecule is O=P12OCc3nn(c(c3Br)O1)O2. The number of aromatic nitrogens is 2. The standard InChI is InChI=1S/C4H2BrN2O4P/c5-3-2-1-9-12(8)10-4(3)7(6-2)11-12/h1H2. The number of halogens is 1. The number of hydrogen-bond acceptors (Lipinski definition) is 5. The topological polar surface area (TPSA) is 62.6 Å². The summed E-state index contributed by atoms with van der Waals surface area (Å²) in [5.74, 6) is 0.311. The minimum absolute atomic E-state index is 0.137. The molecule has 0 aliphatic carbocycles. The second kappa shape index (κ2) is 1.86. The van der Waals surface area contributed by atoms with E-state index in [0.29, 0.717) is 16.0 Å². The first-order valence-electron chi connectivity index (χ1n) is 3.10. The van der Waals surface area contributed by atoms with Crippen LogP contribution in [0.5, 0.6) is 5.88 Å². The summed E-state index contributed by atoms with van der Waals surface area (Å²) in [5, 5.41) is 3.92. The number of phosphoric acid groups is 1. The van der Waals surface area contributed by atoms with E-state index < -0.39 is 7.82 Å². The fourth-order valence-corrected chi connectivity index (χ4v) is 2.67. The number of nitrogens with zero attached hydrogens (tertiary/aromatic N) is 2. The molecular formula is C4H2BrN2O4P. The molecule has 12 heavy (non-hydrogen) atoms. The molecule has 0 fully saturated rings. The maximum Gasteiger partial charge on any atom is 0.610 e. The minimum Gasteiger partial charge on any atom is -0.371 e. The Bertz CT molecular complexity index is 415. The third kappa shape index (κ3) is 0.688. The third-order valence-corrected chi connectivity index (χ3v) is 3.55. The van der Waals surface area contributed by atoms with Crippen LogP contribution >= 0.6 is 23.8 Å². The summed E-state index contributed by atoms with van der Waals surface area (Å²) in [6.45, 7) is 0.137. The van der Waals surface area contributed by atoms with Crippen molar-refractivity contribution in [2.75, 3.05) is 0 Å². The van der Waals surface area contributed by atoms with Crippen LogP contribution in [-0.2, 0) is 15.7 Å². The first kappa shape index (κ1) is 6.94.